The van der Waals surface area contributed by atoms with E-state index < -0.39 is 6.10 Å². The van der Waals surface area contributed by atoms with E-state index in [-0.39, 0.29) is 18.0 Å². The van der Waals surface area contributed by atoms with Crippen molar-refractivity contribution in [3.8, 4) is 0 Å². The molecule has 3 atom stereocenters. The van der Waals surface area contributed by atoms with Gasteiger partial charge in [-0.25, -0.2) is 0 Å². The second-order valence-electron chi connectivity index (χ2n) is 4.94. The van der Waals surface area contributed by atoms with E-state index in [9.17, 15) is 9.90 Å². The van der Waals surface area contributed by atoms with Crippen molar-refractivity contribution in [3.63, 3.8) is 0 Å². The Labute approximate surface area is 121 Å². The van der Waals surface area contributed by atoms with E-state index in [0.717, 1.165) is 29.4 Å². The molecule has 2 rings (SSSR count). The molecule has 1 amide bonds. The van der Waals surface area contributed by atoms with Crippen LogP contribution in [0, 0.1) is 0 Å². The number of carbonyl (C=O) groups excluding carboxylic acids is 1. The highest BCUT2D eigenvalue weighted by Gasteiger charge is 2.25. The summed E-state index contributed by atoms with van der Waals surface area (Å²) in [5, 5.41) is 16.2. The van der Waals surface area contributed by atoms with Crippen LogP contribution in [-0.2, 0) is 4.79 Å². The maximum Gasteiger partial charge on any atom is 0.237 e. The van der Waals surface area contributed by atoms with Crippen molar-refractivity contribution >= 4 is 21.8 Å². The lowest BCUT2D eigenvalue weighted by atomic mass is 10.0. The zero-order chi connectivity index (χ0) is 13.8. The lowest BCUT2D eigenvalue weighted by Gasteiger charge is -2.22. The Balaban J connectivity index is 1.93. The molecule has 4 nitrogen and oxygen atoms in total. The number of aliphatic hydroxyl groups excluding tert-OH is 1. The normalized spacial score (nSPS) is 21.9. The number of amides is 1. The van der Waals surface area contributed by atoms with Crippen LogP contribution in [0.4, 0.5) is 0 Å². The second kappa shape index (κ2) is 6.50. The molecule has 104 valence electrons. The van der Waals surface area contributed by atoms with Crippen molar-refractivity contribution in [1.29, 1.82) is 0 Å². The maximum atomic E-state index is 12.0. The molecule has 1 aromatic carbocycles. The molecule has 0 bridgehead atoms. The fraction of sp³-hybridized carbons (Fsp3) is 0.500. The van der Waals surface area contributed by atoms with Gasteiger partial charge >= 0.3 is 0 Å². The van der Waals surface area contributed by atoms with Crippen molar-refractivity contribution in [3.05, 3.63) is 34.3 Å². The Morgan fingerprint density at radius 1 is 1.47 bits per heavy atom. The third-order valence-electron chi connectivity index (χ3n) is 3.43. The number of aliphatic hydroxyl groups is 1. The summed E-state index contributed by atoms with van der Waals surface area (Å²) in [4.78, 5) is 12.0. The molecule has 1 aliphatic rings. The molecular formula is C14H19BrN2O2. The van der Waals surface area contributed by atoms with Crippen molar-refractivity contribution < 1.29 is 9.90 Å². The Kier molecular flexibility index (Phi) is 4.96. The molecule has 1 fully saturated rings. The fourth-order valence-corrected chi connectivity index (χ4v) is 2.53. The average molecular weight is 327 g/mol. The van der Waals surface area contributed by atoms with Gasteiger partial charge in [0.1, 0.15) is 0 Å². The van der Waals surface area contributed by atoms with E-state index in [1.807, 2.05) is 31.2 Å². The lowest BCUT2D eigenvalue weighted by molar-refractivity contribution is -0.124. The minimum Gasteiger partial charge on any atom is -0.386 e. The number of carbonyl (C=O) groups is 1. The molecule has 3 N–H and O–H groups in total. The van der Waals surface area contributed by atoms with Crippen LogP contribution in [0.2, 0.25) is 0 Å². The first-order chi connectivity index (χ1) is 9.08. The highest BCUT2D eigenvalue weighted by Crippen LogP contribution is 2.19. The Morgan fingerprint density at radius 2 is 2.16 bits per heavy atom. The van der Waals surface area contributed by atoms with Crippen molar-refractivity contribution in [2.24, 2.45) is 0 Å². The van der Waals surface area contributed by atoms with Crippen LogP contribution >= 0.6 is 15.9 Å². The molecule has 0 aromatic heterocycles. The van der Waals surface area contributed by atoms with Gasteiger partial charge in [0.2, 0.25) is 5.91 Å². The molecule has 5 heteroatoms. The van der Waals surface area contributed by atoms with Crippen LogP contribution in [0.3, 0.4) is 0 Å². The number of nitrogens with one attached hydrogen (secondary N) is 2. The number of rotatable bonds is 4. The summed E-state index contributed by atoms with van der Waals surface area (Å²) in [5.74, 6) is -0.0267. The molecule has 3 unspecified atom stereocenters. The summed E-state index contributed by atoms with van der Waals surface area (Å²) in [6, 6.07) is 7.05. The summed E-state index contributed by atoms with van der Waals surface area (Å²) in [6.45, 7) is 2.71. The van der Waals surface area contributed by atoms with Gasteiger partial charge in [-0.05, 0) is 44.0 Å². The fourth-order valence-electron chi connectivity index (χ4n) is 2.26. The van der Waals surface area contributed by atoms with E-state index in [4.69, 9.17) is 0 Å². The van der Waals surface area contributed by atoms with Crippen molar-refractivity contribution in [2.75, 3.05) is 6.54 Å². The monoisotopic (exact) mass is 326 g/mol. The van der Waals surface area contributed by atoms with Crippen LogP contribution < -0.4 is 10.6 Å². The number of halogens is 1. The molecule has 1 saturated heterocycles. The van der Waals surface area contributed by atoms with E-state index in [0.29, 0.717) is 0 Å². The first-order valence-corrected chi connectivity index (χ1v) is 7.34. The minimum absolute atomic E-state index is 0.0267. The maximum absolute atomic E-state index is 12.0. The lowest BCUT2D eigenvalue weighted by Crippen LogP contribution is -2.46. The van der Waals surface area contributed by atoms with E-state index in [1.165, 1.54) is 0 Å². The summed E-state index contributed by atoms with van der Waals surface area (Å²) in [5.41, 5.74) is 0.801. The Bertz CT molecular complexity index is 430. The average Bonchev–Trinajstić information content (AvgIpc) is 2.92. The molecular weight excluding hydrogens is 308 g/mol. The first-order valence-electron chi connectivity index (χ1n) is 6.55. The van der Waals surface area contributed by atoms with Gasteiger partial charge < -0.3 is 15.7 Å². The van der Waals surface area contributed by atoms with Crippen LogP contribution in [0.1, 0.15) is 31.4 Å². The van der Waals surface area contributed by atoms with Gasteiger partial charge in [-0.3, -0.25) is 4.79 Å². The molecule has 1 aliphatic heterocycles. The number of hydrogen-bond donors (Lipinski definition) is 3. The minimum atomic E-state index is -0.696. The molecule has 19 heavy (non-hydrogen) atoms. The second-order valence-corrected chi connectivity index (χ2v) is 5.86. The van der Waals surface area contributed by atoms with Crippen LogP contribution in [0.25, 0.3) is 0 Å². The van der Waals surface area contributed by atoms with Crippen LogP contribution in [-0.4, -0.2) is 29.6 Å². The summed E-state index contributed by atoms with van der Waals surface area (Å²) >= 11 is 3.36. The van der Waals surface area contributed by atoms with Gasteiger partial charge in [-0.15, -0.1) is 0 Å². The molecule has 0 aliphatic carbocycles. The van der Waals surface area contributed by atoms with Gasteiger partial charge in [0.15, 0.2) is 0 Å². The van der Waals surface area contributed by atoms with E-state index in [2.05, 4.69) is 26.6 Å². The predicted octanol–water partition coefficient (Wildman–Crippen LogP) is 1.74. The van der Waals surface area contributed by atoms with Crippen molar-refractivity contribution in [1.82, 2.24) is 10.6 Å². The van der Waals surface area contributed by atoms with Gasteiger partial charge in [0.25, 0.3) is 0 Å². The van der Waals surface area contributed by atoms with Crippen LogP contribution in [0.5, 0.6) is 0 Å². The molecule has 0 saturated carbocycles. The summed E-state index contributed by atoms with van der Waals surface area (Å²) in [7, 11) is 0. The third-order valence-corrected chi connectivity index (χ3v) is 3.96. The standard InChI is InChI=1S/C14H19BrN2O2/c1-9(17-14(19)12-3-2-8-16-12)13(18)10-4-6-11(15)7-5-10/h4-7,9,12-13,16,18H,2-3,8H2,1H3,(H,17,19). The zero-order valence-electron chi connectivity index (χ0n) is 10.9. The van der Waals surface area contributed by atoms with E-state index >= 15 is 0 Å². The highest BCUT2D eigenvalue weighted by atomic mass is 79.9. The van der Waals surface area contributed by atoms with Gasteiger partial charge in [0.05, 0.1) is 18.2 Å². The van der Waals surface area contributed by atoms with Gasteiger partial charge in [0, 0.05) is 4.47 Å². The quantitative estimate of drug-likeness (QED) is 0.789. The highest BCUT2D eigenvalue weighted by molar-refractivity contribution is 9.10. The molecule has 0 radical (unpaired) electrons. The predicted molar refractivity (Wildman–Crippen MR) is 77.7 cm³/mol. The molecule has 0 spiro atoms. The van der Waals surface area contributed by atoms with Crippen LogP contribution in [0.15, 0.2) is 28.7 Å². The number of benzene rings is 1. The Morgan fingerprint density at radius 3 is 2.74 bits per heavy atom. The van der Waals surface area contributed by atoms with E-state index in [1.54, 1.807) is 0 Å². The topological polar surface area (TPSA) is 61.4 Å². The molecule has 1 aromatic rings. The zero-order valence-corrected chi connectivity index (χ0v) is 12.5. The summed E-state index contributed by atoms with van der Waals surface area (Å²) in [6.07, 6.45) is 1.20. The SMILES string of the molecule is CC(NC(=O)C1CCCN1)C(O)c1ccc(Br)cc1. The summed E-state index contributed by atoms with van der Waals surface area (Å²) < 4.78 is 0.968. The Hall–Kier alpha value is -0.910. The molecule has 1 heterocycles. The first kappa shape index (κ1) is 14.5. The smallest absolute Gasteiger partial charge is 0.237 e. The van der Waals surface area contributed by atoms with Crippen molar-refractivity contribution in [2.45, 2.75) is 38.0 Å². The van der Waals surface area contributed by atoms with Gasteiger partial charge in [-0.1, -0.05) is 28.1 Å². The van der Waals surface area contributed by atoms with Gasteiger partial charge in [-0.2, -0.15) is 0 Å². The number of hydrogen-bond acceptors (Lipinski definition) is 3. The largest absolute Gasteiger partial charge is 0.386 e. The third kappa shape index (κ3) is 3.78.